The zero-order chi connectivity index (χ0) is 33.2. The van der Waals surface area contributed by atoms with Crippen LogP contribution < -0.4 is 49.4 Å². The van der Waals surface area contributed by atoms with Crippen molar-refractivity contribution in [2.45, 2.75) is 70.6 Å². The van der Waals surface area contributed by atoms with E-state index in [9.17, 15) is 14.4 Å². The Bertz CT molecular complexity index is 1280. The van der Waals surface area contributed by atoms with Crippen molar-refractivity contribution in [3.63, 3.8) is 0 Å². The number of carbonyl (C=O) groups excluding carboxylic acids is 3. The number of amides is 3. The second kappa shape index (κ2) is 19.4. The molecular formula is C31H48N10O4. The second-order valence-electron chi connectivity index (χ2n) is 11.0. The summed E-state index contributed by atoms with van der Waals surface area (Å²) < 4.78 is 5.89. The lowest BCUT2D eigenvalue weighted by atomic mass is 10.0. The average molecular weight is 625 g/mol. The number of ether oxygens (including phenoxy) is 1. The van der Waals surface area contributed by atoms with Crippen LogP contribution in [0.25, 0.3) is 0 Å². The number of hydrogen-bond acceptors (Lipinski definition) is 7. The van der Waals surface area contributed by atoms with Crippen LogP contribution in [0.4, 0.5) is 0 Å². The molecule has 2 rings (SSSR count). The Balaban J connectivity index is 2.07. The first-order chi connectivity index (χ1) is 21.4. The highest BCUT2D eigenvalue weighted by Gasteiger charge is 2.28. The van der Waals surface area contributed by atoms with Gasteiger partial charge in [-0.15, -0.1) is 0 Å². The number of nitrogens with zero attached hydrogens (tertiary/aromatic N) is 2. The van der Waals surface area contributed by atoms with E-state index in [1.54, 1.807) is 0 Å². The summed E-state index contributed by atoms with van der Waals surface area (Å²) in [5, 5.41) is 8.45. The number of carbonyl (C=O) groups is 3. The number of aliphatic imine (C=N–C) groups is 2. The lowest BCUT2D eigenvalue weighted by Crippen LogP contribution is -2.56. The summed E-state index contributed by atoms with van der Waals surface area (Å²) in [5.41, 5.74) is 28.4. The van der Waals surface area contributed by atoms with Crippen LogP contribution in [-0.4, -0.2) is 60.9 Å². The number of nitrogens with two attached hydrogens (primary N) is 5. The minimum Gasteiger partial charge on any atom is -0.457 e. The smallest absolute Gasteiger partial charge is 0.243 e. The normalized spacial score (nSPS) is 12.7. The predicted octanol–water partition coefficient (Wildman–Crippen LogP) is 0.545. The summed E-state index contributed by atoms with van der Waals surface area (Å²) in [7, 11) is 0. The molecule has 0 saturated heterocycles. The van der Waals surface area contributed by atoms with E-state index < -0.39 is 29.9 Å². The summed E-state index contributed by atoms with van der Waals surface area (Å²) >= 11 is 0. The molecule has 2 aromatic rings. The zero-order valence-electron chi connectivity index (χ0n) is 26.1. The molecule has 0 aliphatic carbocycles. The largest absolute Gasteiger partial charge is 0.457 e. The summed E-state index contributed by atoms with van der Waals surface area (Å²) in [6.07, 6.45) is 1.79. The third-order valence-corrected chi connectivity index (χ3v) is 6.57. The van der Waals surface area contributed by atoms with E-state index >= 15 is 0 Å². The van der Waals surface area contributed by atoms with Gasteiger partial charge in [-0.25, -0.2) is 0 Å². The van der Waals surface area contributed by atoms with Crippen molar-refractivity contribution in [3.8, 4) is 11.5 Å². The van der Waals surface area contributed by atoms with Gasteiger partial charge in [0.2, 0.25) is 17.7 Å². The number of rotatable bonds is 19. The molecule has 0 spiro atoms. The van der Waals surface area contributed by atoms with Gasteiger partial charge in [-0.1, -0.05) is 44.2 Å². The summed E-state index contributed by atoms with van der Waals surface area (Å²) in [5.74, 6) is -0.0710. The molecule has 0 radical (unpaired) electrons. The van der Waals surface area contributed by atoms with Gasteiger partial charge in [0.05, 0.1) is 6.04 Å². The van der Waals surface area contributed by atoms with Crippen LogP contribution in [0.1, 0.15) is 51.5 Å². The highest BCUT2D eigenvalue weighted by molar-refractivity contribution is 5.93. The molecule has 0 fully saturated rings. The Morgan fingerprint density at radius 1 is 0.756 bits per heavy atom. The van der Waals surface area contributed by atoms with Crippen molar-refractivity contribution in [2.75, 3.05) is 13.1 Å². The van der Waals surface area contributed by atoms with Gasteiger partial charge < -0.3 is 49.4 Å². The molecule has 14 heteroatoms. The monoisotopic (exact) mass is 624 g/mol. The van der Waals surface area contributed by atoms with Gasteiger partial charge >= 0.3 is 0 Å². The van der Waals surface area contributed by atoms with E-state index in [2.05, 4.69) is 25.9 Å². The van der Waals surface area contributed by atoms with E-state index in [4.69, 9.17) is 33.4 Å². The van der Waals surface area contributed by atoms with Crippen molar-refractivity contribution < 1.29 is 19.1 Å². The highest BCUT2D eigenvalue weighted by Crippen LogP contribution is 2.21. The van der Waals surface area contributed by atoms with Gasteiger partial charge in [-0.05, 0) is 67.9 Å². The number of benzene rings is 2. The standard InChI is InChI=1S/C31H48N10O4/c1-20(2)17-26(28(43)39-19-21-9-6-12-23(18-21)45-22-10-4-3-5-11-22)41-29(44)25(14-8-16-38-31(35)36)40-27(42)24(32)13-7-15-37-30(33)34/h3-6,9-12,18,20,24-26H,7-8,13-17,19,32H2,1-2H3,(H,39,43)(H,40,42)(H,41,44)(H4,33,34,37)(H4,35,36,38)/t24-,25-,26-/m0/s1. The first-order valence-corrected chi connectivity index (χ1v) is 15.0. The maximum absolute atomic E-state index is 13.5. The molecular weight excluding hydrogens is 576 g/mol. The maximum atomic E-state index is 13.5. The minimum absolute atomic E-state index is 0.0453. The van der Waals surface area contributed by atoms with Crippen LogP contribution in [0.2, 0.25) is 0 Å². The SMILES string of the molecule is CC(C)C[C@H](NC(=O)[C@H](CCCN=C(N)N)NC(=O)[C@@H](N)CCCN=C(N)N)C(=O)NCc1cccc(Oc2ccccc2)c1. The van der Waals surface area contributed by atoms with Crippen molar-refractivity contribution in [1.29, 1.82) is 0 Å². The van der Waals surface area contributed by atoms with E-state index in [-0.39, 0.29) is 43.3 Å². The summed E-state index contributed by atoms with van der Waals surface area (Å²) in [4.78, 5) is 47.5. The third-order valence-electron chi connectivity index (χ3n) is 6.57. The molecule has 0 bridgehead atoms. The van der Waals surface area contributed by atoms with Gasteiger partial charge in [0.25, 0.3) is 0 Å². The van der Waals surface area contributed by atoms with E-state index in [0.29, 0.717) is 43.7 Å². The van der Waals surface area contributed by atoms with Crippen LogP contribution >= 0.6 is 0 Å². The first-order valence-electron chi connectivity index (χ1n) is 15.0. The molecule has 3 atom stereocenters. The fraction of sp³-hybridized carbons (Fsp3) is 0.452. The number of guanidine groups is 2. The maximum Gasteiger partial charge on any atom is 0.243 e. The van der Waals surface area contributed by atoms with Gasteiger partial charge in [0.15, 0.2) is 11.9 Å². The van der Waals surface area contributed by atoms with Crippen molar-refractivity contribution in [3.05, 3.63) is 60.2 Å². The van der Waals surface area contributed by atoms with E-state index in [1.165, 1.54) is 0 Å². The zero-order valence-corrected chi connectivity index (χ0v) is 26.1. The fourth-order valence-corrected chi connectivity index (χ4v) is 4.33. The highest BCUT2D eigenvalue weighted by atomic mass is 16.5. The van der Waals surface area contributed by atoms with Crippen LogP contribution in [0.3, 0.4) is 0 Å². The molecule has 0 aliphatic rings. The molecule has 0 aromatic heterocycles. The molecule has 3 amide bonds. The van der Waals surface area contributed by atoms with Gasteiger partial charge in [0, 0.05) is 19.6 Å². The Kier molecular flexibility index (Phi) is 15.7. The lowest BCUT2D eigenvalue weighted by Gasteiger charge is -2.25. The minimum atomic E-state index is -0.968. The number of hydrogen-bond donors (Lipinski definition) is 8. The number of nitrogens with one attached hydrogen (secondary N) is 3. The molecule has 2 aromatic carbocycles. The van der Waals surface area contributed by atoms with E-state index in [0.717, 1.165) is 5.56 Å². The van der Waals surface area contributed by atoms with Crippen molar-refractivity contribution >= 4 is 29.6 Å². The molecule has 13 N–H and O–H groups in total. The first kappa shape index (κ1) is 36.3. The quantitative estimate of drug-likeness (QED) is 0.0616. The van der Waals surface area contributed by atoms with Crippen LogP contribution in [0, 0.1) is 5.92 Å². The Hall–Kier alpha value is -4.85. The molecule has 0 unspecified atom stereocenters. The van der Waals surface area contributed by atoms with Crippen LogP contribution in [0.15, 0.2) is 64.6 Å². The Morgan fingerprint density at radius 3 is 1.98 bits per heavy atom. The van der Waals surface area contributed by atoms with Crippen molar-refractivity contribution in [1.82, 2.24) is 16.0 Å². The fourth-order valence-electron chi connectivity index (χ4n) is 4.33. The van der Waals surface area contributed by atoms with Gasteiger partial charge in [-0.3, -0.25) is 24.4 Å². The molecule has 0 saturated carbocycles. The molecule has 0 aliphatic heterocycles. The number of para-hydroxylation sites is 1. The topological polar surface area (TPSA) is 251 Å². The summed E-state index contributed by atoms with van der Waals surface area (Å²) in [6, 6.07) is 14.1. The third kappa shape index (κ3) is 14.9. The Morgan fingerprint density at radius 2 is 1.36 bits per heavy atom. The van der Waals surface area contributed by atoms with E-state index in [1.807, 2.05) is 68.4 Å². The average Bonchev–Trinajstić information content (AvgIpc) is 2.99. The predicted molar refractivity (Wildman–Crippen MR) is 176 cm³/mol. The molecule has 246 valence electrons. The molecule has 0 heterocycles. The van der Waals surface area contributed by atoms with Crippen LogP contribution in [-0.2, 0) is 20.9 Å². The van der Waals surface area contributed by atoms with Crippen molar-refractivity contribution in [2.24, 2.45) is 44.6 Å². The van der Waals surface area contributed by atoms with Gasteiger partial charge in [0.1, 0.15) is 23.6 Å². The summed E-state index contributed by atoms with van der Waals surface area (Å²) in [6.45, 7) is 4.71. The molecule has 45 heavy (non-hydrogen) atoms. The lowest BCUT2D eigenvalue weighted by molar-refractivity contribution is -0.132. The second-order valence-corrected chi connectivity index (χ2v) is 11.0. The molecule has 14 nitrogen and oxygen atoms in total. The van der Waals surface area contributed by atoms with Crippen LogP contribution in [0.5, 0.6) is 11.5 Å². The van der Waals surface area contributed by atoms with Gasteiger partial charge in [-0.2, -0.15) is 0 Å². The Labute approximate surface area is 264 Å².